The molecule has 2 aromatic rings. The number of nitrogens with one attached hydrogen (secondary N) is 1. The molecule has 1 fully saturated rings. The number of benzene rings is 1. The van der Waals surface area contributed by atoms with Crippen LogP contribution in [0.15, 0.2) is 35.4 Å². The first kappa shape index (κ1) is 22.0. The van der Waals surface area contributed by atoms with Crippen LogP contribution in [0.3, 0.4) is 0 Å². The topological polar surface area (TPSA) is 75.2 Å². The van der Waals surface area contributed by atoms with Crippen LogP contribution >= 0.6 is 11.6 Å². The Morgan fingerprint density at radius 2 is 1.79 bits per heavy atom. The van der Waals surface area contributed by atoms with Crippen LogP contribution in [0.2, 0.25) is 5.02 Å². The highest BCUT2D eigenvalue weighted by Crippen LogP contribution is 2.35. The zero-order valence-corrected chi connectivity index (χ0v) is 19.0. The number of rotatable bonds is 6. The quantitative estimate of drug-likeness (QED) is 0.710. The molecule has 29 heavy (non-hydrogen) atoms. The molecule has 8 heteroatoms. The maximum atomic E-state index is 12.7. The zero-order chi connectivity index (χ0) is 21.2. The summed E-state index contributed by atoms with van der Waals surface area (Å²) in [4.78, 5) is 11.6. The van der Waals surface area contributed by atoms with Crippen LogP contribution in [0, 0.1) is 0 Å². The van der Waals surface area contributed by atoms with Crippen LogP contribution in [0.25, 0.3) is 0 Å². The van der Waals surface area contributed by atoms with Crippen molar-refractivity contribution < 1.29 is 8.42 Å². The molecule has 0 radical (unpaired) electrons. The number of hydrogen-bond donors (Lipinski definition) is 1. The number of para-hydroxylation sites is 1. The van der Waals surface area contributed by atoms with Crippen molar-refractivity contribution in [2.45, 2.75) is 61.6 Å². The third-order valence-corrected chi connectivity index (χ3v) is 8.11. The Hall–Kier alpha value is -1.70. The molecule has 0 saturated heterocycles. The first-order valence-electron chi connectivity index (χ1n) is 9.99. The Kier molecular flexibility index (Phi) is 6.81. The van der Waals surface area contributed by atoms with Gasteiger partial charge in [0.1, 0.15) is 10.8 Å². The second-order valence-electron chi connectivity index (χ2n) is 8.11. The SMILES string of the molecule is CC(C)S(=O)(=O)c1ccccc1Nc1nc(C2CCC(N(C)C)CC2)ncc1Cl. The van der Waals surface area contributed by atoms with E-state index in [1.54, 1.807) is 44.3 Å². The molecule has 158 valence electrons. The molecule has 3 rings (SSSR count). The molecule has 1 aliphatic carbocycles. The standard InChI is InChI=1S/C21H29ClN4O2S/c1-14(2)29(27,28)19-8-6-5-7-18(19)24-21-17(22)13-23-20(25-21)15-9-11-16(12-10-15)26(3)4/h5-8,13-16H,9-12H2,1-4H3,(H,23,24,25). The molecule has 1 N–H and O–H groups in total. The second-order valence-corrected chi connectivity index (χ2v) is 11.0. The third-order valence-electron chi connectivity index (χ3n) is 5.62. The van der Waals surface area contributed by atoms with Crippen molar-refractivity contribution in [2.75, 3.05) is 19.4 Å². The van der Waals surface area contributed by atoms with E-state index in [-0.39, 0.29) is 4.90 Å². The summed E-state index contributed by atoms with van der Waals surface area (Å²) in [6, 6.07) is 7.45. The fourth-order valence-electron chi connectivity index (χ4n) is 3.72. The third kappa shape index (κ3) is 4.90. The second kappa shape index (κ2) is 8.98. The van der Waals surface area contributed by atoms with E-state index in [0.717, 1.165) is 31.5 Å². The fraction of sp³-hybridized carbons (Fsp3) is 0.524. The molecule has 1 aromatic heterocycles. The summed E-state index contributed by atoms with van der Waals surface area (Å²) >= 11 is 6.34. The van der Waals surface area contributed by atoms with Crippen LogP contribution in [0.4, 0.5) is 11.5 Å². The summed E-state index contributed by atoms with van der Waals surface area (Å²) in [5, 5.41) is 2.99. The number of anilines is 2. The molecular formula is C21H29ClN4O2S. The van der Waals surface area contributed by atoms with Gasteiger partial charge < -0.3 is 10.2 Å². The monoisotopic (exact) mass is 436 g/mol. The number of aromatic nitrogens is 2. The van der Waals surface area contributed by atoms with Gasteiger partial charge in [-0.05, 0) is 65.8 Å². The molecule has 1 aliphatic rings. The van der Waals surface area contributed by atoms with E-state index in [1.165, 1.54) is 0 Å². The molecule has 1 aromatic carbocycles. The first-order valence-corrected chi connectivity index (χ1v) is 11.9. The van der Waals surface area contributed by atoms with Gasteiger partial charge in [0.2, 0.25) is 0 Å². The minimum absolute atomic E-state index is 0.248. The highest BCUT2D eigenvalue weighted by Gasteiger charge is 2.26. The average Bonchev–Trinajstić information content (AvgIpc) is 2.70. The Labute approximate surface area is 178 Å². The van der Waals surface area contributed by atoms with Gasteiger partial charge in [0.25, 0.3) is 0 Å². The molecule has 0 bridgehead atoms. The van der Waals surface area contributed by atoms with Crippen molar-refractivity contribution in [1.29, 1.82) is 0 Å². The summed E-state index contributed by atoms with van der Waals surface area (Å²) in [5.74, 6) is 1.50. The van der Waals surface area contributed by atoms with Gasteiger partial charge >= 0.3 is 0 Å². The van der Waals surface area contributed by atoms with Crippen molar-refractivity contribution >= 4 is 32.9 Å². The van der Waals surface area contributed by atoms with Crippen molar-refractivity contribution in [1.82, 2.24) is 14.9 Å². The maximum absolute atomic E-state index is 12.7. The summed E-state index contributed by atoms with van der Waals surface area (Å²) in [6.07, 6.45) is 5.89. The molecule has 0 atom stereocenters. The molecule has 1 saturated carbocycles. The predicted molar refractivity (Wildman–Crippen MR) is 118 cm³/mol. The molecule has 0 spiro atoms. The molecule has 0 aliphatic heterocycles. The predicted octanol–water partition coefficient (Wildman–Crippen LogP) is 4.64. The fourth-order valence-corrected chi connectivity index (χ4v) is 5.06. The largest absolute Gasteiger partial charge is 0.338 e. The lowest BCUT2D eigenvalue weighted by Crippen LogP contribution is -2.32. The van der Waals surface area contributed by atoms with Gasteiger partial charge in [-0.2, -0.15) is 0 Å². The van der Waals surface area contributed by atoms with Crippen molar-refractivity contribution in [3.05, 3.63) is 41.3 Å². The summed E-state index contributed by atoms with van der Waals surface area (Å²) in [5.41, 5.74) is 0.476. The Morgan fingerprint density at radius 3 is 2.41 bits per heavy atom. The van der Waals surface area contributed by atoms with E-state index in [2.05, 4.69) is 34.3 Å². The van der Waals surface area contributed by atoms with Crippen LogP contribution in [-0.4, -0.2) is 48.7 Å². The summed E-state index contributed by atoms with van der Waals surface area (Å²) < 4.78 is 25.4. The lowest BCUT2D eigenvalue weighted by atomic mass is 9.85. The maximum Gasteiger partial charge on any atom is 0.182 e. The number of halogens is 1. The molecule has 6 nitrogen and oxygen atoms in total. The molecule has 0 unspecified atom stereocenters. The van der Waals surface area contributed by atoms with E-state index >= 15 is 0 Å². The molecular weight excluding hydrogens is 408 g/mol. The van der Waals surface area contributed by atoms with Gasteiger partial charge in [0, 0.05) is 12.0 Å². The summed E-state index contributed by atoms with van der Waals surface area (Å²) in [7, 11) is 0.800. The highest BCUT2D eigenvalue weighted by atomic mass is 35.5. The van der Waals surface area contributed by atoms with Gasteiger partial charge in [-0.25, -0.2) is 18.4 Å². The minimum Gasteiger partial charge on any atom is -0.338 e. The van der Waals surface area contributed by atoms with Gasteiger partial charge in [-0.3, -0.25) is 0 Å². The van der Waals surface area contributed by atoms with E-state index in [9.17, 15) is 8.42 Å². The Morgan fingerprint density at radius 1 is 1.14 bits per heavy atom. The lowest BCUT2D eigenvalue weighted by molar-refractivity contribution is 0.214. The lowest BCUT2D eigenvalue weighted by Gasteiger charge is -2.32. The number of hydrogen-bond acceptors (Lipinski definition) is 6. The number of sulfone groups is 1. The first-order chi connectivity index (χ1) is 13.7. The number of nitrogens with zero attached hydrogens (tertiary/aromatic N) is 3. The van der Waals surface area contributed by atoms with Gasteiger partial charge in [0.15, 0.2) is 15.7 Å². The van der Waals surface area contributed by atoms with Gasteiger partial charge in [0.05, 0.1) is 22.0 Å². The normalized spacial score (nSPS) is 20.2. The van der Waals surface area contributed by atoms with Crippen molar-refractivity contribution in [2.24, 2.45) is 0 Å². The summed E-state index contributed by atoms with van der Waals surface area (Å²) in [6.45, 7) is 3.35. The van der Waals surface area contributed by atoms with E-state index in [4.69, 9.17) is 11.6 Å². The minimum atomic E-state index is -3.44. The Balaban J connectivity index is 1.86. The molecule has 1 heterocycles. The van der Waals surface area contributed by atoms with Gasteiger partial charge in [-0.15, -0.1) is 0 Å². The van der Waals surface area contributed by atoms with E-state index in [0.29, 0.717) is 28.5 Å². The van der Waals surface area contributed by atoms with Crippen LogP contribution < -0.4 is 5.32 Å². The van der Waals surface area contributed by atoms with Crippen molar-refractivity contribution in [3.63, 3.8) is 0 Å². The highest BCUT2D eigenvalue weighted by molar-refractivity contribution is 7.92. The average molecular weight is 437 g/mol. The van der Waals surface area contributed by atoms with Crippen LogP contribution in [0.5, 0.6) is 0 Å². The van der Waals surface area contributed by atoms with E-state index in [1.807, 2.05) is 0 Å². The van der Waals surface area contributed by atoms with Crippen molar-refractivity contribution in [3.8, 4) is 0 Å². The van der Waals surface area contributed by atoms with Crippen LogP contribution in [0.1, 0.15) is 51.3 Å². The Bertz CT molecular complexity index is 955. The molecule has 0 amide bonds. The zero-order valence-electron chi connectivity index (χ0n) is 17.4. The van der Waals surface area contributed by atoms with Gasteiger partial charge in [-0.1, -0.05) is 23.7 Å². The smallest absolute Gasteiger partial charge is 0.182 e. The van der Waals surface area contributed by atoms with E-state index < -0.39 is 15.1 Å². The van der Waals surface area contributed by atoms with Crippen LogP contribution in [-0.2, 0) is 9.84 Å².